The van der Waals surface area contributed by atoms with Crippen molar-refractivity contribution in [1.29, 1.82) is 0 Å². The van der Waals surface area contributed by atoms with Gasteiger partial charge < -0.3 is 20.5 Å². The van der Waals surface area contributed by atoms with E-state index in [1.54, 1.807) is 17.1 Å². The number of alkyl carbamates (subject to hydrolysis) is 1. The fourth-order valence-electron chi connectivity index (χ4n) is 3.71. The fraction of sp³-hybridized carbons (Fsp3) is 0.333. The smallest absolute Gasteiger partial charge is 0.408 e. The van der Waals surface area contributed by atoms with Crippen LogP contribution in [0.15, 0.2) is 54.9 Å². The van der Waals surface area contributed by atoms with Crippen LogP contribution in [0.4, 0.5) is 10.6 Å². The Balaban J connectivity index is 1.28. The summed E-state index contributed by atoms with van der Waals surface area (Å²) in [5.74, 6) is -0.167. The molecule has 9 nitrogen and oxygen atoms in total. The summed E-state index contributed by atoms with van der Waals surface area (Å²) in [4.78, 5) is 28.4. The van der Waals surface area contributed by atoms with Crippen molar-refractivity contribution in [2.24, 2.45) is 0 Å². The molecule has 1 aliphatic heterocycles. The lowest BCUT2D eigenvalue weighted by atomic mass is 10.1. The Bertz CT molecular complexity index is 1100. The maximum absolute atomic E-state index is 12.1. The summed E-state index contributed by atoms with van der Waals surface area (Å²) in [6, 6.07) is 12.3. The zero-order valence-corrected chi connectivity index (χ0v) is 18.2. The van der Waals surface area contributed by atoms with Crippen molar-refractivity contribution in [3.63, 3.8) is 0 Å². The highest BCUT2D eigenvalue weighted by Gasteiger charge is 2.22. The van der Waals surface area contributed by atoms with Gasteiger partial charge in [-0.05, 0) is 35.6 Å². The van der Waals surface area contributed by atoms with Gasteiger partial charge in [0.1, 0.15) is 18.5 Å². The van der Waals surface area contributed by atoms with Gasteiger partial charge >= 0.3 is 12.1 Å². The molecular weight excluding hydrogens is 422 g/mol. The minimum Gasteiger partial charge on any atom is -0.480 e. The van der Waals surface area contributed by atoms with Gasteiger partial charge in [0, 0.05) is 37.8 Å². The molecule has 0 saturated heterocycles. The molecule has 172 valence electrons. The number of carboxylic acid groups (broad SMARTS) is 1. The highest BCUT2D eigenvalue weighted by molar-refractivity contribution is 5.80. The van der Waals surface area contributed by atoms with Crippen LogP contribution in [0.25, 0.3) is 0 Å². The van der Waals surface area contributed by atoms with Crippen molar-refractivity contribution in [3.05, 3.63) is 77.2 Å². The first-order valence-electron chi connectivity index (χ1n) is 11.0. The van der Waals surface area contributed by atoms with Crippen molar-refractivity contribution < 1.29 is 19.4 Å². The van der Waals surface area contributed by atoms with Crippen LogP contribution in [0.3, 0.4) is 0 Å². The van der Waals surface area contributed by atoms with Crippen molar-refractivity contribution >= 4 is 17.9 Å². The molecule has 1 atom stereocenters. The van der Waals surface area contributed by atoms with Gasteiger partial charge in [-0.25, -0.2) is 14.6 Å². The molecule has 3 N–H and O–H groups in total. The average Bonchev–Trinajstić information content (AvgIpc) is 3.29. The summed E-state index contributed by atoms with van der Waals surface area (Å²) in [6.45, 7) is 1.64. The number of aryl methyl sites for hydroxylation is 3. The summed E-state index contributed by atoms with van der Waals surface area (Å²) in [6.07, 6.45) is 5.64. The molecule has 0 fully saturated rings. The van der Waals surface area contributed by atoms with E-state index in [4.69, 9.17) is 4.74 Å². The van der Waals surface area contributed by atoms with E-state index in [-0.39, 0.29) is 13.0 Å². The summed E-state index contributed by atoms with van der Waals surface area (Å²) in [7, 11) is 0. The second kappa shape index (κ2) is 10.6. The van der Waals surface area contributed by atoms with Gasteiger partial charge in [-0.3, -0.25) is 4.68 Å². The second-order valence-electron chi connectivity index (χ2n) is 8.00. The van der Waals surface area contributed by atoms with Crippen molar-refractivity contribution in [2.45, 2.75) is 44.9 Å². The van der Waals surface area contributed by atoms with E-state index < -0.39 is 18.1 Å². The zero-order chi connectivity index (χ0) is 23.0. The first-order chi connectivity index (χ1) is 16.1. The molecule has 0 radical (unpaired) electrons. The molecule has 0 saturated carbocycles. The normalized spacial score (nSPS) is 13.5. The molecule has 33 heavy (non-hydrogen) atoms. The van der Waals surface area contributed by atoms with Gasteiger partial charge in [0.15, 0.2) is 0 Å². The number of carboxylic acids is 1. The lowest BCUT2D eigenvalue weighted by molar-refractivity contribution is -0.139. The van der Waals surface area contributed by atoms with Gasteiger partial charge in [-0.15, -0.1) is 0 Å². The number of nitrogens with one attached hydrogen (secondary N) is 2. The summed E-state index contributed by atoms with van der Waals surface area (Å²) < 4.78 is 6.89. The molecule has 0 spiro atoms. The third-order valence-corrected chi connectivity index (χ3v) is 5.48. The lowest BCUT2D eigenvalue weighted by Crippen LogP contribution is -2.42. The zero-order valence-electron chi connectivity index (χ0n) is 18.2. The number of benzene rings is 1. The molecule has 3 heterocycles. The number of carbonyl (C=O) groups is 2. The quantitative estimate of drug-likeness (QED) is 0.460. The van der Waals surface area contributed by atoms with Gasteiger partial charge in [-0.1, -0.05) is 36.4 Å². The molecular formula is C24H27N5O4. The minimum atomic E-state index is -1.13. The van der Waals surface area contributed by atoms with E-state index >= 15 is 0 Å². The molecule has 2 aromatic heterocycles. The maximum Gasteiger partial charge on any atom is 0.408 e. The number of aliphatic carboxylic acids is 1. The third kappa shape index (κ3) is 6.31. The average molecular weight is 450 g/mol. The van der Waals surface area contributed by atoms with Gasteiger partial charge in [0.25, 0.3) is 0 Å². The van der Waals surface area contributed by atoms with Gasteiger partial charge in [0.2, 0.25) is 0 Å². The van der Waals surface area contributed by atoms with Crippen LogP contribution in [0.1, 0.15) is 28.8 Å². The topological polar surface area (TPSA) is 118 Å². The van der Waals surface area contributed by atoms with Crippen LogP contribution in [0.2, 0.25) is 0 Å². The number of anilines is 1. The number of aromatic nitrogens is 3. The highest BCUT2D eigenvalue weighted by Crippen LogP contribution is 2.20. The number of fused-ring (bicyclic) bond motifs is 1. The van der Waals surface area contributed by atoms with Gasteiger partial charge in [-0.2, -0.15) is 5.10 Å². The molecule has 4 rings (SSSR count). The van der Waals surface area contributed by atoms with E-state index in [1.807, 2.05) is 36.4 Å². The van der Waals surface area contributed by atoms with Crippen LogP contribution in [-0.2, 0) is 41.9 Å². The molecule has 0 bridgehead atoms. The first kappa shape index (κ1) is 22.3. The number of hydrogen-bond donors (Lipinski definition) is 3. The molecule has 0 aliphatic carbocycles. The number of nitrogens with zero attached hydrogens (tertiary/aromatic N) is 3. The van der Waals surface area contributed by atoms with Crippen molar-refractivity contribution in [3.8, 4) is 0 Å². The Morgan fingerprint density at radius 2 is 2.03 bits per heavy atom. The van der Waals surface area contributed by atoms with Crippen molar-refractivity contribution in [2.75, 3.05) is 11.9 Å². The number of rotatable bonds is 9. The van der Waals surface area contributed by atoms with E-state index in [1.165, 1.54) is 5.56 Å². The molecule has 1 aromatic carbocycles. The van der Waals surface area contributed by atoms with E-state index in [0.29, 0.717) is 18.5 Å². The van der Waals surface area contributed by atoms with Crippen molar-refractivity contribution in [1.82, 2.24) is 20.1 Å². The largest absolute Gasteiger partial charge is 0.480 e. The Labute approximate surface area is 191 Å². The van der Waals surface area contributed by atoms with Crippen LogP contribution in [0, 0.1) is 0 Å². The number of ether oxygens (including phenoxy) is 1. The highest BCUT2D eigenvalue weighted by atomic mass is 16.5. The number of carbonyl (C=O) groups excluding carboxylic acids is 1. The molecule has 1 aliphatic rings. The predicted octanol–water partition coefficient (Wildman–Crippen LogP) is 2.80. The Kier molecular flexibility index (Phi) is 7.19. The molecule has 1 amide bonds. The van der Waals surface area contributed by atoms with Crippen LogP contribution < -0.4 is 10.6 Å². The SMILES string of the molecule is O=C(NC(Cc1cnn(CCc2ccc3c(n2)NCCC3)c1)C(=O)O)OCc1ccccc1. The van der Waals surface area contributed by atoms with Gasteiger partial charge in [0.05, 0.1) is 6.20 Å². The molecule has 9 heteroatoms. The fourth-order valence-corrected chi connectivity index (χ4v) is 3.71. The van der Waals surface area contributed by atoms with Crippen LogP contribution in [0.5, 0.6) is 0 Å². The van der Waals surface area contributed by atoms with Crippen LogP contribution >= 0.6 is 0 Å². The third-order valence-electron chi connectivity index (χ3n) is 5.48. The first-order valence-corrected chi connectivity index (χ1v) is 11.0. The maximum atomic E-state index is 12.1. The van der Waals surface area contributed by atoms with E-state index in [2.05, 4.69) is 26.8 Å². The van der Waals surface area contributed by atoms with E-state index in [9.17, 15) is 14.7 Å². The van der Waals surface area contributed by atoms with Crippen LogP contribution in [-0.4, -0.2) is 44.5 Å². The number of hydrogen-bond acceptors (Lipinski definition) is 6. The monoisotopic (exact) mass is 449 g/mol. The molecule has 1 unspecified atom stereocenters. The number of amides is 1. The van der Waals surface area contributed by atoms with E-state index in [0.717, 1.165) is 36.5 Å². The lowest BCUT2D eigenvalue weighted by Gasteiger charge is -2.17. The second-order valence-corrected chi connectivity index (χ2v) is 8.00. The summed E-state index contributed by atoms with van der Waals surface area (Å²) in [5, 5.41) is 19.6. The molecule has 3 aromatic rings. The Morgan fingerprint density at radius 1 is 1.18 bits per heavy atom. The summed E-state index contributed by atoms with van der Waals surface area (Å²) >= 11 is 0. The predicted molar refractivity (Wildman–Crippen MR) is 122 cm³/mol. The Morgan fingerprint density at radius 3 is 2.85 bits per heavy atom. The standard InChI is InChI=1S/C24H27N5O4/c30-23(31)21(28-24(32)33-16-17-5-2-1-3-6-17)13-18-14-26-29(15-18)12-10-20-9-8-19-7-4-11-25-22(19)27-20/h1-3,5-6,8-9,14-15,21H,4,7,10-13,16H2,(H,25,27)(H,28,32)(H,30,31). The summed E-state index contributed by atoms with van der Waals surface area (Å²) in [5.41, 5.74) is 3.77. The minimum absolute atomic E-state index is 0.0726. The number of pyridine rings is 1. The Hall–Kier alpha value is -3.88.